The van der Waals surface area contributed by atoms with Crippen molar-refractivity contribution in [3.63, 3.8) is 0 Å². The molecule has 1 aromatic heterocycles. The van der Waals surface area contributed by atoms with Crippen LogP contribution in [-0.2, 0) is 27.2 Å². The van der Waals surface area contributed by atoms with Gasteiger partial charge in [-0.25, -0.2) is 4.68 Å². The fraction of sp³-hybridized carbons (Fsp3) is 0.122. The van der Waals surface area contributed by atoms with E-state index < -0.39 is 29.8 Å². The fourth-order valence-electron chi connectivity index (χ4n) is 6.18. The smallest absolute Gasteiger partial charge is 0.322 e. The van der Waals surface area contributed by atoms with Crippen LogP contribution in [0.3, 0.4) is 0 Å². The van der Waals surface area contributed by atoms with E-state index in [4.69, 9.17) is 21.3 Å². The molecule has 6 aromatic rings. The number of fused-ring (bicyclic) bond motifs is 1. The first-order chi connectivity index (χ1) is 25.0. The lowest BCUT2D eigenvalue weighted by atomic mass is 9.87. The van der Waals surface area contributed by atoms with Gasteiger partial charge in [0.15, 0.2) is 5.78 Å². The number of aliphatic carboxylic acids is 1. The molecular formula is C41H36N4O7. The van der Waals surface area contributed by atoms with Crippen LogP contribution in [0, 0.1) is 0 Å². The molecule has 0 radical (unpaired) electrons. The number of esters is 1. The van der Waals surface area contributed by atoms with Crippen LogP contribution in [0.5, 0.6) is 11.5 Å². The minimum Gasteiger partial charge on any atom is -0.508 e. The summed E-state index contributed by atoms with van der Waals surface area (Å²) in [7, 11) is 1.23. The highest BCUT2D eigenvalue weighted by Crippen LogP contribution is 2.42. The van der Waals surface area contributed by atoms with Gasteiger partial charge in [-0.3, -0.25) is 14.4 Å². The summed E-state index contributed by atoms with van der Waals surface area (Å²) in [6.07, 6.45) is 4.81. The Labute approximate surface area is 299 Å². The van der Waals surface area contributed by atoms with Crippen molar-refractivity contribution in [1.82, 2.24) is 9.78 Å². The Morgan fingerprint density at radius 1 is 0.808 bits per heavy atom. The maximum atomic E-state index is 13.8. The molecule has 1 heterocycles. The van der Waals surface area contributed by atoms with Gasteiger partial charge >= 0.3 is 11.9 Å². The monoisotopic (exact) mass is 696 g/mol. The molecular weight excluding hydrogens is 660 g/mol. The molecule has 0 spiro atoms. The second-order valence-corrected chi connectivity index (χ2v) is 12.3. The van der Waals surface area contributed by atoms with Gasteiger partial charge in [-0.2, -0.15) is 5.10 Å². The lowest BCUT2D eigenvalue weighted by molar-refractivity contribution is -0.142. The molecule has 2 atom stereocenters. The average Bonchev–Trinajstić information content (AvgIpc) is 3.58. The second kappa shape index (κ2) is 15.1. The van der Waals surface area contributed by atoms with Gasteiger partial charge in [-0.1, -0.05) is 66.7 Å². The number of hydrogen-bond donors (Lipinski definition) is 5. The third-order valence-electron chi connectivity index (χ3n) is 8.79. The van der Waals surface area contributed by atoms with E-state index in [-0.39, 0.29) is 29.9 Å². The summed E-state index contributed by atoms with van der Waals surface area (Å²) < 4.78 is 6.45. The molecule has 11 heteroatoms. The van der Waals surface area contributed by atoms with Crippen LogP contribution in [0.2, 0.25) is 0 Å². The van der Waals surface area contributed by atoms with Crippen LogP contribution in [0.15, 0.2) is 115 Å². The summed E-state index contributed by atoms with van der Waals surface area (Å²) in [5.74, 6) is -2.38. The van der Waals surface area contributed by atoms with Gasteiger partial charge in [0, 0.05) is 22.9 Å². The van der Waals surface area contributed by atoms with Gasteiger partial charge in [0.2, 0.25) is 0 Å². The van der Waals surface area contributed by atoms with E-state index in [1.165, 1.54) is 31.4 Å². The van der Waals surface area contributed by atoms with Crippen LogP contribution in [-0.4, -0.2) is 62.0 Å². The molecule has 0 amide bonds. The first-order valence-corrected chi connectivity index (χ1v) is 16.4. The largest absolute Gasteiger partial charge is 0.508 e. The first-order valence-electron chi connectivity index (χ1n) is 16.4. The van der Waals surface area contributed by atoms with Gasteiger partial charge in [0.25, 0.3) is 0 Å². The normalized spacial score (nSPS) is 12.5. The molecule has 0 aliphatic heterocycles. The lowest BCUT2D eigenvalue weighted by Crippen LogP contribution is -2.34. The summed E-state index contributed by atoms with van der Waals surface area (Å²) in [5, 5.41) is 37.3. The highest BCUT2D eigenvalue weighted by atomic mass is 16.5. The average molecular weight is 697 g/mol. The Balaban J connectivity index is 1.54. The van der Waals surface area contributed by atoms with Crippen molar-refractivity contribution in [3.8, 4) is 39.6 Å². The number of nitrogens with two attached hydrogens (primary N) is 2. The Morgan fingerprint density at radius 3 is 2.21 bits per heavy atom. The minimum atomic E-state index is -1.18. The number of ether oxygens (including phenoxy) is 1. The molecule has 52 heavy (non-hydrogen) atoms. The third-order valence-corrected chi connectivity index (χ3v) is 8.79. The molecule has 7 N–H and O–H groups in total. The van der Waals surface area contributed by atoms with E-state index in [2.05, 4.69) is 0 Å². The molecule has 0 aliphatic carbocycles. The number of nitrogens with zero attached hydrogens (tertiary/aromatic N) is 2. The topological polar surface area (TPSA) is 191 Å². The summed E-state index contributed by atoms with van der Waals surface area (Å²) in [5.41, 5.74) is 17.0. The van der Waals surface area contributed by atoms with E-state index in [0.29, 0.717) is 39.1 Å². The number of aromatic hydroxyl groups is 2. The molecule has 5 aromatic carbocycles. The van der Waals surface area contributed by atoms with Crippen molar-refractivity contribution in [2.75, 3.05) is 7.11 Å². The number of rotatable bonds is 12. The Morgan fingerprint density at radius 2 is 1.48 bits per heavy atom. The standard InChI is InChI=1S/C41H36N4O7/c1-52-41(51)36(43)20-26-12-16-30(47)22-34(26)37(48)18-14-27-23-45(28-8-3-2-4-9-28)44-39(27)38-31-10-6-5-7-24(31)13-17-32(38)33-21-29(46)15-11-25(33)19-35(42)40(49)50/h2-18,21-23,35-36,46-47H,19-20,42-43H2,1H3,(H,49,50)/b18-14+. The maximum absolute atomic E-state index is 13.8. The van der Waals surface area contributed by atoms with E-state index in [1.807, 2.05) is 66.7 Å². The third kappa shape index (κ3) is 7.46. The number of aromatic nitrogens is 2. The number of ketones is 1. The van der Waals surface area contributed by atoms with Crippen molar-refractivity contribution >= 4 is 34.6 Å². The number of carboxylic acids is 1. The zero-order valence-electron chi connectivity index (χ0n) is 28.1. The molecule has 6 rings (SSSR count). The quantitative estimate of drug-likeness (QED) is 0.0606. The molecule has 262 valence electrons. The van der Waals surface area contributed by atoms with Crippen LogP contribution >= 0.6 is 0 Å². The van der Waals surface area contributed by atoms with Crippen molar-refractivity contribution in [3.05, 3.63) is 138 Å². The number of benzene rings is 5. The zero-order valence-corrected chi connectivity index (χ0v) is 28.1. The SMILES string of the molecule is COC(=O)C(N)Cc1ccc(O)cc1C(=O)/C=C/c1cn(-c2ccccc2)nc1-c1c(-c2cc(O)ccc2CC(N)C(=O)O)ccc2ccccc12. The second-order valence-electron chi connectivity index (χ2n) is 12.3. The van der Waals surface area contributed by atoms with Crippen LogP contribution in [0.4, 0.5) is 0 Å². The fourth-order valence-corrected chi connectivity index (χ4v) is 6.18. The van der Waals surface area contributed by atoms with Crippen molar-refractivity contribution in [2.45, 2.75) is 24.9 Å². The minimum absolute atomic E-state index is 0.00280. The first kappa shape index (κ1) is 35.3. The number of methoxy groups -OCH3 is 1. The van der Waals surface area contributed by atoms with Gasteiger partial charge in [-0.05, 0) is 94.4 Å². The number of hydrogen-bond acceptors (Lipinski definition) is 9. The Bertz CT molecular complexity index is 2330. The zero-order chi connectivity index (χ0) is 36.9. The number of allylic oxidation sites excluding steroid dienone is 1. The van der Waals surface area contributed by atoms with E-state index in [0.717, 1.165) is 16.5 Å². The highest BCUT2D eigenvalue weighted by molar-refractivity contribution is 6.10. The number of para-hydroxylation sites is 1. The highest BCUT2D eigenvalue weighted by Gasteiger charge is 2.23. The van der Waals surface area contributed by atoms with Gasteiger partial charge < -0.3 is 31.5 Å². The maximum Gasteiger partial charge on any atom is 0.322 e. The number of carbonyl (C=O) groups is 3. The van der Waals surface area contributed by atoms with Crippen LogP contribution < -0.4 is 11.5 Å². The predicted octanol–water partition coefficient (Wildman–Crippen LogP) is 5.66. The summed E-state index contributed by atoms with van der Waals surface area (Å²) in [4.78, 5) is 37.6. The molecule has 2 unspecified atom stereocenters. The number of carbonyl (C=O) groups excluding carboxylic acids is 2. The molecule has 11 nitrogen and oxygen atoms in total. The van der Waals surface area contributed by atoms with Crippen LogP contribution in [0.1, 0.15) is 27.0 Å². The van der Waals surface area contributed by atoms with Crippen LogP contribution in [0.25, 0.3) is 44.9 Å². The molecule has 0 bridgehead atoms. The summed E-state index contributed by atoms with van der Waals surface area (Å²) in [6, 6.07) is 27.8. The predicted molar refractivity (Wildman–Crippen MR) is 198 cm³/mol. The van der Waals surface area contributed by atoms with Gasteiger partial charge in [0.1, 0.15) is 29.3 Å². The Hall–Kier alpha value is -6.56. The molecule has 0 saturated heterocycles. The van der Waals surface area contributed by atoms with E-state index in [9.17, 15) is 29.7 Å². The van der Waals surface area contributed by atoms with Gasteiger partial charge in [0.05, 0.1) is 12.8 Å². The van der Waals surface area contributed by atoms with E-state index in [1.54, 1.807) is 35.2 Å². The Kier molecular flexibility index (Phi) is 10.3. The number of phenolic OH excluding ortho intramolecular Hbond substituents is 2. The summed E-state index contributed by atoms with van der Waals surface area (Å²) in [6.45, 7) is 0. The molecule has 0 aliphatic rings. The number of phenols is 2. The number of carboxylic acid groups (broad SMARTS) is 1. The summed E-state index contributed by atoms with van der Waals surface area (Å²) >= 11 is 0. The lowest BCUT2D eigenvalue weighted by Gasteiger charge is -2.17. The molecule has 0 saturated carbocycles. The van der Waals surface area contributed by atoms with Crippen molar-refractivity contribution < 1.29 is 34.4 Å². The van der Waals surface area contributed by atoms with E-state index >= 15 is 0 Å². The van der Waals surface area contributed by atoms with Crippen molar-refractivity contribution in [1.29, 1.82) is 0 Å². The molecule has 0 fully saturated rings. The van der Waals surface area contributed by atoms with Gasteiger partial charge in [-0.15, -0.1) is 0 Å². The van der Waals surface area contributed by atoms with Crippen molar-refractivity contribution in [2.24, 2.45) is 11.5 Å².